The normalized spacial score (nSPS) is 33.9. The minimum atomic E-state index is -1.30. The van der Waals surface area contributed by atoms with E-state index in [4.69, 9.17) is 16.7 Å². The molecule has 0 aromatic heterocycles. The Bertz CT molecular complexity index is 267. The lowest BCUT2D eigenvalue weighted by molar-refractivity contribution is -0.125. The van der Waals surface area contributed by atoms with E-state index >= 15 is 0 Å². The average molecular weight is 153 g/mol. The van der Waals surface area contributed by atoms with Gasteiger partial charge in [-0.05, 0) is 6.42 Å². The highest BCUT2D eigenvalue weighted by Crippen LogP contribution is 2.51. The summed E-state index contributed by atoms with van der Waals surface area (Å²) in [5.74, 6) is -2.07. The predicted octanol–water partition coefficient (Wildman–Crippen LogP) is -1.51. The predicted molar refractivity (Wildman–Crippen MR) is 34.5 cm³/mol. The van der Waals surface area contributed by atoms with Gasteiger partial charge in [0.25, 0.3) is 0 Å². The molecule has 0 aromatic carbocycles. The molecule has 0 spiro atoms. The molecule has 0 aromatic rings. The van der Waals surface area contributed by atoms with Crippen LogP contribution in [-0.2, 0) is 9.59 Å². The van der Waals surface area contributed by atoms with Crippen molar-refractivity contribution in [2.45, 2.75) is 6.42 Å². The molecule has 1 aliphatic rings. The maximum Gasteiger partial charge on any atom is 0.238 e. The zero-order valence-electron chi connectivity index (χ0n) is 5.70. The fourth-order valence-electron chi connectivity index (χ4n) is 1.06. The minimum Gasteiger partial charge on any atom is -0.369 e. The van der Waals surface area contributed by atoms with Crippen LogP contribution in [0.25, 0.3) is 0 Å². The third kappa shape index (κ3) is 0.835. The summed E-state index contributed by atoms with van der Waals surface area (Å²) in [6.45, 7) is 0. The quantitative estimate of drug-likeness (QED) is 0.502. The SMILES string of the molecule is N#CC1(C(N)=O)CC1C(N)=O. The molecular formula is C6H7N3O2. The molecule has 1 fully saturated rings. The van der Waals surface area contributed by atoms with Gasteiger partial charge in [-0.25, -0.2) is 0 Å². The maximum absolute atomic E-state index is 10.6. The summed E-state index contributed by atoms with van der Waals surface area (Å²) in [5.41, 5.74) is 8.49. The molecule has 4 N–H and O–H groups in total. The van der Waals surface area contributed by atoms with Crippen LogP contribution in [0.5, 0.6) is 0 Å². The Labute approximate surface area is 63.0 Å². The second-order valence-electron chi connectivity index (χ2n) is 2.61. The second kappa shape index (κ2) is 1.95. The molecule has 2 atom stereocenters. The summed E-state index contributed by atoms with van der Waals surface area (Å²) in [6.07, 6.45) is 0.175. The number of nitrogens with zero attached hydrogens (tertiary/aromatic N) is 1. The summed E-state index contributed by atoms with van der Waals surface area (Å²) in [5, 5.41) is 8.49. The van der Waals surface area contributed by atoms with Gasteiger partial charge in [0.05, 0.1) is 12.0 Å². The van der Waals surface area contributed by atoms with Crippen molar-refractivity contribution in [2.75, 3.05) is 0 Å². The molecule has 5 heteroatoms. The number of carbonyl (C=O) groups excluding carboxylic acids is 2. The first-order valence-electron chi connectivity index (χ1n) is 3.05. The summed E-state index contributed by atoms with van der Waals surface area (Å²) in [7, 11) is 0. The molecule has 0 saturated heterocycles. The van der Waals surface area contributed by atoms with Gasteiger partial charge in [-0.2, -0.15) is 5.26 Å². The minimum absolute atomic E-state index is 0.175. The third-order valence-corrected chi connectivity index (χ3v) is 1.94. The third-order valence-electron chi connectivity index (χ3n) is 1.94. The number of hydrogen-bond donors (Lipinski definition) is 2. The van der Waals surface area contributed by atoms with Gasteiger partial charge in [-0.1, -0.05) is 0 Å². The lowest BCUT2D eigenvalue weighted by Gasteiger charge is -1.98. The van der Waals surface area contributed by atoms with Gasteiger partial charge in [0.15, 0.2) is 0 Å². The molecular weight excluding hydrogens is 146 g/mol. The zero-order chi connectivity index (χ0) is 8.65. The van der Waals surface area contributed by atoms with Crippen molar-refractivity contribution in [2.24, 2.45) is 22.8 Å². The Morgan fingerprint density at radius 2 is 2.09 bits per heavy atom. The van der Waals surface area contributed by atoms with E-state index in [-0.39, 0.29) is 6.42 Å². The first-order chi connectivity index (χ1) is 5.04. The summed E-state index contributed by atoms with van der Waals surface area (Å²) in [4.78, 5) is 21.1. The Morgan fingerprint density at radius 3 is 2.18 bits per heavy atom. The largest absolute Gasteiger partial charge is 0.369 e. The van der Waals surface area contributed by atoms with Crippen molar-refractivity contribution in [3.8, 4) is 6.07 Å². The molecule has 11 heavy (non-hydrogen) atoms. The second-order valence-corrected chi connectivity index (χ2v) is 2.61. The van der Waals surface area contributed by atoms with E-state index in [1.807, 2.05) is 0 Å². The molecule has 1 aliphatic carbocycles. The molecule has 0 radical (unpaired) electrons. The Kier molecular flexibility index (Phi) is 1.34. The van der Waals surface area contributed by atoms with E-state index in [0.29, 0.717) is 0 Å². The van der Waals surface area contributed by atoms with Crippen molar-refractivity contribution in [3.05, 3.63) is 0 Å². The van der Waals surface area contributed by atoms with Crippen LogP contribution in [0.1, 0.15) is 6.42 Å². The molecule has 1 rings (SSSR count). The summed E-state index contributed by atoms with van der Waals surface area (Å²) in [6, 6.07) is 1.71. The van der Waals surface area contributed by atoms with Gasteiger partial charge < -0.3 is 11.5 Å². The fourth-order valence-corrected chi connectivity index (χ4v) is 1.06. The standard InChI is InChI=1S/C6H7N3O2/c7-2-6(5(9)11)1-3(6)4(8)10/h3H,1H2,(H2,8,10)(H2,9,11). The number of nitrogens with two attached hydrogens (primary N) is 2. The van der Waals surface area contributed by atoms with Gasteiger partial charge in [-0.15, -0.1) is 0 Å². The van der Waals surface area contributed by atoms with Crippen LogP contribution in [0, 0.1) is 22.7 Å². The lowest BCUT2D eigenvalue weighted by atomic mass is 10.1. The van der Waals surface area contributed by atoms with Crippen LogP contribution >= 0.6 is 0 Å². The van der Waals surface area contributed by atoms with Gasteiger partial charge in [0, 0.05) is 0 Å². The Hall–Kier alpha value is -1.57. The van der Waals surface area contributed by atoms with Gasteiger partial charge in [0.1, 0.15) is 5.41 Å². The number of carbonyl (C=O) groups is 2. The molecule has 5 nitrogen and oxygen atoms in total. The summed E-state index contributed by atoms with van der Waals surface area (Å²) < 4.78 is 0. The van der Waals surface area contributed by atoms with E-state index in [2.05, 4.69) is 0 Å². The van der Waals surface area contributed by atoms with Gasteiger partial charge in [0.2, 0.25) is 11.8 Å². The highest BCUT2D eigenvalue weighted by molar-refractivity contribution is 5.96. The molecule has 1 saturated carbocycles. The van der Waals surface area contributed by atoms with Crippen molar-refractivity contribution in [3.63, 3.8) is 0 Å². The summed E-state index contributed by atoms with van der Waals surface area (Å²) >= 11 is 0. The van der Waals surface area contributed by atoms with E-state index in [0.717, 1.165) is 0 Å². The van der Waals surface area contributed by atoms with Crippen LogP contribution in [-0.4, -0.2) is 11.8 Å². The van der Waals surface area contributed by atoms with Crippen molar-refractivity contribution in [1.82, 2.24) is 0 Å². The highest BCUT2D eigenvalue weighted by Gasteiger charge is 2.63. The number of primary amides is 2. The number of nitriles is 1. The first-order valence-corrected chi connectivity index (χ1v) is 3.05. The zero-order valence-corrected chi connectivity index (χ0v) is 5.70. The Balaban J connectivity index is 2.82. The molecule has 0 aliphatic heterocycles. The van der Waals surface area contributed by atoms with E-state index in [9.17, 15) is 9.59 Å². The van der Waals surface area contributed by atoms with Crippen molar-refractivity contribution < 1.29 is 9.59 Å². The average Bonchev–Trinajstić information content (AvgIpc) is 2.62. The monoisotopic (exact) mass is 153 g/mol. The Morgan fingerprint density at radius 1 is 1.55 bits per heavy atom. The van der Waals surface area contributed by atoms with Crippen molar-refractivity contribution in [1.29, 1.82) is 5.26 Å². The topological polar surface area (TPSA) is 110 Å². The lowest BCUT2D eigenvalue weighted by Crippen LogP contribution is -2.29. The molecule has 2 unspecified atom stereocenters. The number of rotatable bonds is 2. The molecule has 58 valence electrons. The van der Waals surface area contributed by atoms with Gasteiger partial charge in [-0.3, -0.25) is 9.59 Å². The number of hydrogen-bond acceptors (Lipinski definition) is 3. The fraction of sp³-hybridized carbons (Fsp3) is 0.500. The van der Waals surface area contributed by atoms with E-state index in [1.54, 1.807) is 6.07 Å². The smallest absolute Gasteiger partial charge is 0.238 e. The molecule has 0 bridgehead atoms. The number of amides is 2. The van der Waals surface area contributed by atoms with Crippen LogP contribution in [0.2, 0.25) is 0 Å². The maximum atomic E-state index is 10.6. The first kappa shape index (κ1) is 7.54. The van der Waals surface area contributed by atoms with E-state index in [1.165, 1.54) is 0 Å². The van der Waals surface area contributed by atoms with E-state index < -0.39 is 23.1 Å². The molecule has 0 heterocycles. The molecule has 2 amide bonds. The van der Waals surface area contributed by atoms with Crippen LogP contribution in [0.3, 0.4) is 0 Å². The van der Waals surface area contributed by atoms with Crippen LogP contribution in [0.15, 0.2) is 0 Å². The van der Waals surface area contributed by atoms with Gasteiger partial charge >= 0.3 is 0 Å². The highest BCUT2D eigenvalue weighted by atomic mass is 16.2. The van der Waals surface area contributed by atoms with Crippen LogP contribution < -0.4 is 11.5 Å². The van der Waals surface area contributed by atoms with Crippen LogP contribution in [0.4, 0.5) is 0 Å². The van der Waals surface area contributed by atoms with Crippen molar-refractivity contribution >= 4 is 11.8 Å².